The molecule has 26 heavy (non-hydrogen) atoms. The zero-order chi connectivity index (χ0) is 18.7. The SMILES string of the molecule is Cc1ccc(C)c(OCC(=O)NNC(=O)c2cc3cc(F)ccc3[nH]2)c1. The fourth-order valence-corrected chi connectivity index (χ4v) is 2.46. The first-order valence-electron chi connectivity index (χ1n) is 8.00. The fraction of sp³-hybridized carbons (Fsp3) is 0.158. The van der Waals surface area contributed by atoms with E-state index in [9.17, 15) is 14.0 Å². The van der Waals surface area contributed by atoms with E-state index in [0.29, 0.717) is 16.7 Å². The second-order valence-electron chi connectivity index (χ2n) is 5.97. The Balaban J connectivity index is 1.54. The lowest BCUT2D eigenvalue weighted by atomic mass is 10.1. The van der Waals surface area contributed by atoms with Gasteiger partial charge in [0.15, 0.2) is 6.61 Å². The predicted octanol–water partition coefficient (Wildman–Crippen LogP) is 2.76. The van der Waals surface area contributed by atoms with Crippen molar-refractivity contribution in [3.63, 3.8) is 0 Å². The number of hydrogen-bond acceptors (Lipinski definition) is 3. The van der Waals surface area contributed by atoms with Crippen molar-refractivity contribution in [1.82, 2.24) is 15.8 Å². The molecule has 3 N–H and O–H groups in total. The molecule has 0 bridgehead atoms. The van der Waals surface area contributed by atoms with Crippen LogP contribution in [-0.2, 0) is 4.79 Å². The molecule has 0 spiro atoms. The summed E-state index contributed by atoms with van der Waals surface area (Å²) >= 11 is 0. The maximum absolute atomic E-state index is 13.2. The molecule has 0 saturated heterocycles. The van der Waals surface area contributed by atoms with Crippen molar-refractivity contribution >= 4 is 22.7 Å². The van der Waals surface area contributed by atoms with Gasteiger partial charge in [-0.15, -0.1) is 0 Å². The molecule has 0 aliphatic rings. The van der Waals surface area contributed by atoms with Gasteiger partial charge in [0.1, 0.15) is 17.3 Å². The van der Waals surface area contributed by atoms with Crippen molar-refractivity contribution in [3.05, 3.63) is 65.1 Å². The molecule has 2 aromatic carbocycles. The standard InChI is InChI=1S/C19H18FN3O3/c1-11-3-4-12(2)17(7-11)26-10-18(24)22-23-19(25)16-9-13-8-14(20)5-6-15(13)21-16/h3-9,21H,10H2,1-2H3,(H,22,24)(H,23,25). The topological polar surface area (TPSA) is 83.2 Å². The molecular weight excluding hydrogens is 337 g/mol. The third-order valence-electron chi connectivity index (χ3n) is 3.85. The van der Waals surface area contributed by atoms with E-state index in [0.717, 1.165) is 11.1 Å². The number of amides is 2. The predicted molar refractivity (Wildman–Crippen MR) is 95.3 cm³/mol. The van der Waals surface area contributed by atoms with Crippen LogP contribution in [0.2, 0.25) is 0 Å². The number of halogens is 1. The van der Waals surface area contributed by atoms with Gasteiger partial charge in [-0.1, -0.05) is 12.1 Å². The molecule has 6 nitrogen and oxygen atoms in total. The number of aryl methyl sites for hydroxylation is 2. The summed E-state index contributed by atoms with van der Waals surface area (Å²) < 4.78 is 18.7. The Hall–Kier alpha value is -3.35. The van der Waals surface area contributed by atoms with Crippen LogP contribution in [0.5, 0.6) is 5.75 Å². The molecule has 0 atom stereocenters. The Labute approximate surface area is 149 Å². The average Bonchev–Trinajstić information content (AvgIpc) is 3.03. The molecule has 2 amide bonds. The number of aromatic nitrogens is 1. The molecule has 7 heteroatoms. The quantitative estimate of drug-likeness (QED) is 0.629. The Kier molecular flexibility index (Phi) is 4.88. The lowest BCUT2D eigenvalue weighted by Gasteiger charge is -2.10. The first-order valence-corrected chi connectivity index (χ1v) is 8.00. The van der Waals surface area contributed by atoms with Crippen molar-refractivity contribution in [1.29, 1.82) is 0 Å². The molecular formula is C19H18FN3O3. The number of rotatable bonds is 4. The van der Waals surface area contributed by atoms with Gasteiger partial charge in [-0.05, 0) is 55.3 Å². The summed E-state index contributed by atoms with van der Waals surface area (Å²) in [6, 6.07) is 11.4. The van der Waals surface area contributed by atoms with Crippen molar-refractivity contribution in [2.45, 2.75) is 13.8 Å². The largest absolute Gasteiger partial charge is 0.483 e. The highest BCUT2D eigenvalue weighted by molar-refractivity contribution is 5.98. The number of ether oxygens (including phenoxy) is 1. The minimum absolute atomic E-state index is 0.210. The zero-order valence-corrected chi connectivity index (χ0v) is 14.4. The number of fused-ring (bicyclic) bond motifs is 1. The zero-order valence-electron chi connectivity index (χ0n) is 14.4. The van der Waals surface area contributed by atoms with Crippen LogP contribution in [-0.4, -0.2) is 23.4 Å². The number of benzene rings is 2. The van der Waals surface area contributed by atoms with Crippen LogP contribution in [0.4, 0.5) is 4.39 Å². The smallest absolute Gasteiger partial charge is 0.286 e. The normalized spacial score (nSPS) is 10.6. The summed E-state index contributed by atoms with van der Waals surface area (Å²) in [6.07, 6.45) is 0. The van der Waals surface area contributed by atoms with E-state index in [1.165, 1.54) is 24.3 Å². The van der Waals surface area contributed by atoms with Crippen LogP contribution < -0.4 is 15.6 Å². The van der Waals surface area contributed by atoms with Gasteiger partial charge in [0.05, 0.1) is 0 Å². The van der Waals surface area contributed by atoms with E-state index >= 15 is 0 Å². The Bertz CT molecular complexity index is 981. The summed E-state index contributed by atoms with van der Waals surface area (Å²) in [6.45, 7) is 3.58. The Morgan fingerprint density at radius 1 is 1.08 bits per heavy atom. The first kappa shape index (κ1) is 17.5. The van der Waals surface area contributed by atoms with E-state index in [-0.39, 0.29) is 18.1 Å². The number of carbonyl (C=O) groups excluding carboxylic acids is 2. The summed E-state index contributed by atoms with van der Waals surface area (Å²) in [7, 11) is 0. The minimum Gasteiger partial charge on any atom is -0.483 e. The molecule has 1 heterocycles. The van der Waals surface area contributed by atoms with Gasteiger partial charge in [0.25, 0.3) is 11.8 Å². The molecule has 134 valence electrons. The van der Waals surface area contributed by atoms with Crippen LogP contribution in [0.3, 0.4) is 0 Å². The molecule has 0 aliphatic heterocycles. The van der Waals surface area contributed by atoms with Crippen LogP contribution in [0.25, 0.3) is 10.9 Å². The second-order valence-corrected chi connectivity index (χ2v) is 5.97. The molecule has 1 aromatic heterocycles. The van der Waals surface area contributed by atoms with Crippen molar-refractivity contribution in [3.8, 4) is 5.75 Å². The maximum Gasteiger partial charge on any atom is 0.286 e. The van der Waals surface area contributed by atoms with Gasteiger partial charge >= 0.3 is 0 Å². The van der Waals surface area contributed by atoms with Crippen molar-refractivity contribution in [2.24, 2.45) is 0 Å². The van der Waals surface area contributed by atoms with Crippen LogP contribution >= 0.6 is 0 Å². The number of hydrazine groups is 1. The van der Waals surface area contributed by atoms with Gasteiger partial charge in [0.2, 0.25) is 0 Å². The van der Waals surface area contributed by atoms with Gasteiger partial charge in [-0.25, -0.2) is 4.39 Å². The third kappa shape index (κ3) is 4.00. The summed E-state index contributed by atoms with van der Waals surface area (Å²) in [5.74, 6) is -0.812. The minimum atomic E-state index is -0.540. The molecule has 0 saturated carbocycles. The van der Waals surface area contributed by atoms with Gasteiger partial charge in [-0.2, -0.15) is 0 Å². The highest BCUT2D eigenvalue weighted by Gasteiger charge is 2.12. The number of H-pyrrole nitrogens is 1. The average molecular weight is 355 g/mol. The number of hydrogen-bond donors (Lipinski definition) is 3. The van der Waals surface area contributed by atoms with Gasteiger partial charge < -0.3 is 9.72 Å². The monoisotopic (exact) mass is 355 g/mol. The fourth-order valence-electron chi connectivity index (χ4n) is 2.46. The van der Waals surface area contributed by atoms with Crippen molar-refractivity contribution < 1.29 is 18.7 Å². The molecule has 0 fully saturated rings. The van der Waals surface area contributed by atoms with Crippen LogP contribution in [0.1, 0.15) is 21.6 Å². The van der Waals surface area contributed by atoms with E-state index in [2.05, 4.69) is 15.8 Å². The first-order chi connectivity index (χ1) is 12.4. The molecule has 0 unspecified atom stereocenters. The van der Waals surface area contributed by atoms with Crippen LogP contribution in [0.15, 0.2) is 42.5 Å². The summed E-state index contributed by atoms with van der Waals surface area (Å²) in [5, 5.41) is 0.569. The van der Waals surface area contributed by atoms with E-state index in [4.69, 9.17) is 4.74 Å². The van der Waals surface area contributed by atoms with Gasteiger partial charge in [0, 0.05) is 10.9 Å². The van der Waals surface area contributed by atoms with E-state index < -0.39 is 11.8 Å². The number of carbonyl (C=O) groups is 2. The maximum atomic E-state index is 13.2. The van der Waals surface area contributed by atoms with E-state index in [1.54, 1.807) is 0 Å². The number of aromatic amines is 1. The second kappa shape index (κ2) is 7.26. The molecule has 0 aliphatic carbocycles. The molecule has 0 radical (unpaired) electrons. The Morgan fingerprint density at radius 2 is 1.88 bits per heavy atom. The van der Waals surface area contributed by atoms with Gasteiger partial charge in [-0.3, -0.25) is 20.4 Å². The Morgan fingerprint density at radius 3 is 2.69 bits per heavy atom. The summed E-state index contributed by atoms with van der Waals surface area (Å²) in [4.78, 5) is 26.8. The lowest BCUT2D eigenvalue weighted by molar-refractivity contribution is -0.123. The molecule has 3 aromatic rings. The van der Waals surface area contributed by atoms with Crippen molar-refractivity contribution in [2.75, 3.05) is 6.61 Å². The van der Waals surface area contributed by atoms with Crippen LogP contribution in [0, 0.1) is 19.7 Å². The lowest BCUT2D eigenvalue weighted by Crippen LogP contribution is -2.44. The third-order valence-corrected chi connectivity index (χ3v) is 3.85. The van der Waals surface area contributed by atoms with E-state index in [1.807, 2.05) is 32.0 Å². The summed E-state index contributed by atoms with van der Waals surface area (Å²) in [5.41, 5.74) is 7.35. The highest BCUT2D eigenvalue weighted by Crippen LogP contribution is 2.19. The highest BCUT2D eigenvalue weighted by atomic mass is 19.1. The number of nitrogens with one attached hydrogen (secondary N) is 3. The molecule has 3 rings (SSSR count).